The smallest absolute Gasteiger partial charge is 0.297 e. The molecule has 1 aromatic carbocycles. The number of nitrogens with zero attached hydrogens (tertiary/aromatic N) is 1. The van der Waals surface area contributed by atoms with Crippen LogP contribution in [0.25, 0.3) is 0 Å². The molecule has 1 aromatic rings. The Balaban J connectivity index is 2.99. The summed E-state index contributed by atoms with van der Waals surface area (Å²) in [6, 6.07) is 4.07. The van der Waals surface area contributed by atoms with Gasteiger partial charge >= 0.3 is 0 Å². The average Bonchev–Trinajstić information content (AvgIpc) is 2.28. The fourth-order valence-electron chi connectivity index (χ4n) is 1.03. The number of nitrogens with two attached hydrogens (primary N) is 1. The average molecular weight is 274 g/mol. The highest BCUT2D eigenvalue weighted by Crippen LogP contribution is 2.18. The molecule has 0 saturated heterocycles. The normalized spacial score (nSPS) is 12.9. The molecule has 0 aliphatic rings. The van der Waals surface area contributed by atoms with E-state index in [4.69, 9.17) is 5.73 Å². The minimum absolute atomic E-state index is 0.253. The van der Waals surface area contributed by atoms with Gasteiger partial charge in [-0.05, 0) is 19.1 Å². The number of hydrogen-bond acceptors (Lipinski definition) is 6. The molecule has 0 spiro atoms. The van der Waals surface area contributed by atoms with E-state index in [0.29, 0.717) is 0 Å². The molecule has 1 atom stereocenters. The molecule has 0 fully saturated rings. The second-order valence-electron chi connectivity index (χ2n) is 3.35. The molecule has 2 N–H and O–H groups in total. The van der Waals surface area contributed by atoms with Gasteiger partial charge in [-0.25, -0.2) is 0 Å². The van der Waals surface area contributed by atoms with Gasteiger partial charge in [0.1, 0.15) is 0 Å². The summed E-state index contributed by atoms with van der Waals surface area (Å²) in [5, 5.41) is 10.4. The third kappa shape index (κ3) is 3.25. The number of hydrogen-bond donors (Lipinski definition) is 1. The molecule has 18 heavy (non-hydrogen) atoms. The van der Waals surface area contributed by atoms with E-state index in [2.05, 4.69) is 4.18 Å². The minimum Gasteiger partial charge on any atom is -0.367 e. The van der Waals surface area contributed by atoms with Crippen LogP contribution in [0, 0.1) is 10.1 Å². The van der Waals surface area contributed by atoms with Crippen LogP contribution < -0.4 is 5.73 Å². The van der Waals surface area contributed by atoms with Gasteiger partial charge in [0.25, 0.3) is 15.8 Å². The molecule has 0 heterocycles. The predicted octanol–water partition coefficient (Wildman–Crippen LogP) is 0.174. The Labute approximate surface area is 103 Å². The molecule has 9 heteroatoms. The van der Waals surface area contributed by atoms with Crippen LogP contribution >= 0.6 is 0 Å². The lowest BCUT2D eigenvalue weighted by molar-refractivity contribution is -0.384. The van der Waals surface area contributed by atoms with Crippen molar-refractivity contribution in [2.75, 3.05) is 0 Å². The number of rotatable bonds is 5. The second-order valence-corrected chi connectivity index (χ2v) is 4.92. The summed E-state index contributed by atoms with van der Waals surface area (Å²) in [7, 11) is -4.17. The van der Waals surface area contributed by atoms with E-state index in [1.165, 1.54) is 6.92 Å². The summed E-state index contributed by atoms with van der Waals surface area (Å²) in [4.78, 5) is 20.1. The van der Waals surface area contributed by atoms with E-state index in [0.717, 1.165) is 24.3 Å². The fourth-order valence-corrected chi connectivity index (χ4v) is 2.08. The molecule has 0 bridgehead atoms. The Bertz CT molecular complexity index is 565. The molecule has 1 unspecified atom stereocenters. The van der Waals surface area contributed by atoms with E-state index in [1.54, 1.807) is 0 Å². The molecule has 98 valence electrons. The molecule has 1 rings (SSSR count). The third-order valence-electron chi connectivity index (χ3n) is 2.01. The van der Waals surface area contributed by atoms with Crippen LogP contribution in [-0.4, -0.2) is 25.4 Å². The summed E-state index contributed by atoms with van der Waals surface area (Å²) in [5.41, 5.74) is 4.61. The lowest BCUT2D eigenvalue weighted by atomic mass is 10.3. The Hall–Kier alpha value is -2.00. The fraction of sp³-hybridized carbons (Fsp3) is 0.222. The van der Waals surface area contributed by atoms with Gasteiger partial charge in [-0.2, -0.15) is 8.42 Å². The Morgan fingerprint density at radius 3 is 2.28 bits per heavy atom. The number of amides is 1. The zero-order chi connectivity index (χ0) is 13.9. The number of benzene rings is 1. The molecule has 8 nitrogen and oxygen atoms in total. The van der Waals surface area contributed by atoms with Gasteiger partial charge < -0.3 is 5.73 Å². The maximum absolute atomic E-state index is 11.6. The first-order valence-electron chi connectivity index (χ1n) is 4.71. The predicted molar refractivity (Wildman–Crippen MR) is 60.0 cm³/mol. The Morgan fingerprint density at radius 2 is 1.89 bits per heavy atom. The Morgan fingerprint density at radius 1 is 1.39 bits per heavy atom. The van der Waals surface area contributed by atoms with E-state index >= 15 is 0 Å². The quantitative estimate of drug-likeness (QED) is 0.463. The van der Waals surface area contributed by atoms with Gasteiger partial charge in [-0.15, -0.1) is 0 Å². The summed E-state index contributed by atoms with van der Waals surface area (Å²) in [6.07, 6.45) is -1.31. The highest BCUT2D eigenvalue weighted by Gasteiger charge is 2.22. The maximum Gasteiger partial charge on any atom is 0.297 e. The number of primary amides is 1. The van der Waals surface area contributed by atoms with Crippen molar-refractivity contribution in [1.82, 2.24) is 0 Å². The molecular weight excluding hydrogens is 264 g/mol. The third-order valence-corrected chi connectivity index (χ3v) is 3.40. The number of nitro groups is 1. The van der Waals surface area contributed by atoms with Gasteiger partial charge in [0.15, 0.2) is 6.10 Å². The maximum atomic E-state index is 11.6. The minimum atomic E-state index is -4.17. The summed E-state index contributed by atoms with van der Waals surface area (Å²) < 4.78 is 27.8. The van der Waals surface area contributed by atoms with Crippen LogP contribution in [0.3, 0.4) is 0 Å². The van der Waals surface area contributed by atoms with Crippen molar-refractivity contribution in [2.45, 2.75) is 17.9 Å². The van der Waals surface area contributed by atoms with E-state index in [9.17, 15) is 23.3 Å². The molecule has 0 aromatic heterocycles. The highest BCUT2D eigenvalue weighted by molar-refractivity contribution is 7.86. The van der Waals surface area contributed by atoms with Crippen molar-refractivity contribution in [3.8, 4) is 0 Å². The molecule has 1 amide bonds. The van der Waals surface area contributed by atoms with Crippen molar-refractivity contribution in [2.24, 2.45) is 5.73 Å². The van der Waals surface area contributed by atoms with Crippen LogP contribution in [0.15, 0.2) is 29.2 Å². The second kappa shape index (κ2) is 5.10. The summed E-state index contributed by atoms with van der Waals surface area (Å²) in [5.74, 6) is -0.930. The van der Waals surface area contributed by atoms with Crippen molar-refractivity contribution < 1.29 is 22.3 Å². The van der Waals surface area contributed by atoms with Crippen LogP contribution in [0.4, 0.5) is 5.69 Å². The zero-order valence-corrected chi connectivity index (χ0v) is 10.1. The lowest BCUT2D eigenvalue weighted by Gasteiger charge is -2.09. The SMILES string of the molecule is CC(OS(=O)(=O)c1ccc([N+](=O)[O-])cc1)C(N)=O. The molecule has 0 radical (unpaired) electrons. The monoisotopic (exact) mass is 274 g/mol. The number of carbonyl (C=O) groups is 1. The van der Waals surface area contributed by atoms with E-state index in [1.807, 2.05) is 0 Å². The topological polar surface area (TPSA) is 130 Å². The first kappa shape index (κ1) is 14.1. The van der Waals surface area contributed by atoms with Gasteiger partial charge in [-0.3, -0.25) is 19.1 Å². The van der Waals surface area contributed by atoms with Crippen molar-refractivity contribution in [1.29, 1.82) is 0 Å². The van der Waals surface area contributed by atoms with Crippen LogP contribution in [0.2, 0.25) is 0 Å². The van der Waals surface area contributed by atoms with Crippen LogP contribution in [0.1, 0.15) is 6.92 Å². The highest BCUT2D eigenvalue weighted by atomic mass is 32.2. The number of non-ortho nitro benzene ring substituents is 1. The summed E-state index contributed by atoms with van der Waals surface area (Å²) in [6.45, 7) is 1.19. The first-order valence-corrected chi connectivity index (χ1v) is 6.12. The summed E-state index contributed by atoms with van der Waals surface area (Å²) >= 11 is 0. The van der Waals surface area contributed by atoms with Crippen molar-refractivity contribution >= 4 is 21.7 Å². The van der Waals surface area contributed by atoms with Gasteiger partial charge in [0, 0.05) is 12.1 Å². The van der Waals surface area contributed by atoms with Crippen LogP contribution in [-0.2, 0) is 19.1 Å². The zero-order valence-electron chi connectivity index (χ0n) is 9.27. The van der Waals surface area contributed by atoms with E-state index in [-0.39, 0.29) is 10.6 Å². The first-order chi connectivity index (χ1) is 8.24. The van der Waals surface area contributed by atoms with Crippen molar-refractivity contribution in [3.63, 3.8) is 0 Å². The van der Waals surface area contributed by atoms with Crippen molar-refractivity contribution in [3.05, 3.63) is 34.4 Å². The molecule has 0 aliphatic carbocycles. The Kier molecular flexibility index (Phi) is 3.99. The van der Waals surface area contributed by atoms with Gasteiger partial charge in [0.05, 0.1) is 9.82 Å². The van der Waals surface area contributed by atoms with Gasteiger partial charge in [-0.1, -0.05) is 0 Å². The standard InChI is InChI=1S/C9H10N2O6S/c1-6(9(10)12)17-18(15,16)8-4-2-7(3-5-8)11(13)14/h2-6H,1H3,(H2,10,12). The molecule has 0 aliphatic heterocycles. The van der Waals surface area contributed by atoms with E-state index < -0.39 is 27.1 Å². The van der Waals surface area contributed by atoms with Gasteiger partial charge in [0.2, 0.25) is 5.91 Å². The van der Waals surface area contributed by atoms with Crippen LogP contribution in [0.5, 0.6) is 0 Å². The molecule has 0 saturated carbocycles. The molecular formula is C9H10N2O6S. The largest absolute Gasteiger partial charge is 0.367 e. The number of carbonyl (C=O) groups excluding carboxylic acids is 1. The number of nitro benzene ring substituents is 1. The lowest BCUT2D eigenvalue weighted by Crippen LogP contribution is -2.30.